The van der Waals surface area contributed by atoms with E-state index in [4.69, 9.17) is 0 Å². The van der Waals surface area contributed by atoms with Gasteiger partial charge in [-0.1, -0.05) is 31.9 Å². The van der Waals surface area contributed by atoms with Gasteiger partial charge in [0.25, 0.3) is 0 Å². The summed E-state index contributed by atoms with van der Waals surface area (Å²) in [7, 11) is 0. The monoisotopic (exact) mass is 486 g/mol. The Labute approximate surface area is 134 Å². The van der Waals surface area contributed by atoms with Gasteiger partial charge in [-0.15, -0.1) is 0 Å². The Balaban J connectivity index is 2.50. The molecule has 5 heteroatoms. The van der Waals surface area contributed by atoms with Crippen LogP contribution in [0.5, 0.6) is 0 Å². The van der Waals surface area contributed by atoms with E-state index in [1.165, 1.54) is 6.07 Å². The Morgan fingerprint density at radius 1 is 1.00 bits per heavy atom. The maximum absolute atomic E-state index is 13.7. The average molecular weight is 488 g/mol. The fourth-order valence-corrected chi connectivity index (χ4v) is 3.77. The van der Waals surface area contributed by atoms with Crippen molar-refractivity contribution < 1.29 is 8.78 Å². The number of hydrogen-bond donors (Lipinski definition) is 0. The van der Waals surface area contributed by atoms with E-state index in [0.717, 1.165) is 25.7 Å². The van der Waals surface area contributed by atoms with Gasteiger partial charge in [-0.05, 0) is 64.6 Å². The smallest absolute Gasteiger partial charge is 0.128 e. The second-order valence-corrected chi connectivity index (χ2v) is 6.69. The van der Waals surface area contributed by atoms with Gasteiger partial charge < -0.3 is 0 Å². The molecule has 2 aromatic carbocycles. The molecular weight excluding hydrogens is 481 g/mol. The number of benzene rings is 2. The quantitative estimate of drug-likeness (QED) is 0.370. The molecule has 0 aliphatic heterocycles. The summed E-state index contributed by atoms with van der Waals surface area (Å²) in [4.78, 5) is -0.377. The Morgan fingerprint density at radius 2 is 1.72 bits per heavy atom. The van der Waals surface area contributed by atoms with Crippen LogP contribution in [0.15, 0.2) is 40.9 Å². The van der Waals surface area contributed by atoms with E-state index in [0.29, 0.717) is 5.56 Å². The molecule has 0 N–H and O–H groups in total. The fourth-order valence-electron chi connectivity index (χ4n) is 1.59. The summed E-state index contributed by atoms with van der Waals surface area (Å²) < 4.78 is 28.8. The molecule has 0 aromatic heterocycles. The van der Waals surface area contributed by atoms with E-state index in [-0.39, 0.29) is 4.83 Å². The lowest BCUT2D eigenvalue weighted by molar-refractivity contribution is 0.588. The Morgan fingerprint density at radius 3 is 2.44 bits per heavy atom. The third-order valence-corrected chi connectivity index (χ3v) is 4.92. The van der Waals surface area contributed by atoms with E-state index in [1.54, 1.807) is 0 Å². The molecule has 1 atom stereocenters. The molecule has 0 heterocycles. The third kappa shape index (κ3) is 3.11. The second kappa shape index (κ2) is 5.96. The van der Waals surface area contributed by atoms with Crippen molar-refractivity contribution in [1.82, 2.24) is 0 Å². The summed E-state index contributed by atoms with van der Waals surface area (Å²) in [6.07, 6.45) is 0. The van der Waals surface area contributed by atoms with Crippen molar-refractivity contribution in [3.05, 3.63) is 67.2 Å². The van der Waals surface area contributed by atoms with Gasteiger partial charge >= 0.3 is 0 Å². The van der Waals surface area contributed by atoms with Crippen LogP contribution in [0.1, 0.15) is 16.0 Å². The molecule has 0 radical (unpaired) electrons. The molecule has 0 saturated heterocycles. The lowest BCUT2D eigenvalue weighted by atomic mass is 10.0. The van der Waals surface area contributed by atoms with E-state index < -0.39 is 11.6 Å². The molecule has 0 bridgehead atoms. The Hall–Kier alpha value is -0.0100. The molecule has 1 unspecified atom stereocenters. The van der Waals surface area contributed by atoms with Crippen LogP contribution in [-0.2, 0) is 0 Å². The zero-order valence-corrected chi connectivity index (χ0v) is 14.3. The molecule has 0 aliphatic carbocycles. The maximum atomic E-state index is 13.7. The molecule has 0 nitrogen and oxygen atoms in total. The van der Waals surface area contributed by atoms with Gasteiger partial charge in [-0.25, -0.2) is 8.78 Å². The first-order valence-electron chi connectivity index (χ1n) is 5.03. The molecule has 0 amide bonds. The summed E-state index contributed by atoms with van der Waals surface area (Å²) in [5.74, 6) is -0.866. The van der Waals surface area contributed by atoms with Crippen LogP contribution in [0.4, 0.5) is 8.78 Å². The summed E-state index contributed by atoms with van der Waals surface area (Å²) >= 11 is 8.98. The minimum Gasteiger partial charge on any atom is -0.207 e. The van der Waals surface area contributed by atoms with Crippen LogP contribution in [0, 0.1) is 15.2 Å². The van der Waals surface area contributed by atoms with Gasteiger partial charge in [0.15, 0.2) is 0 Å². The van der Waals surface area contributed by atoms with E-state index >= 15 is 0 Å². The summed E-state index contributed by atoms with van der Waals surface area (Å²) in [5.41, 5.74) is 1.19. The molecule has 0 fully saturated rings. The predicted octanol–water partition coefficient (Wildman–Crippen LogP) is 5.82. The van der Waals surface area contributed by atoms with Crippen molar-refractivity contribution in [2.75, 3.05) is 0 Å². The van der Waals surface area contributed by atoms with E-state index in [2.05, 4.69) is 54.5 Å². The Bertz CT molecular complexity index is 536. The molecule has 18 heavy (non-hydrogen) atoms. The fraction of sp³-hybridized carbons (Fsp3) is 0.0769. The molecular formula is C13H7Br2F2I. The van der Waals surface area contributed by atoms with E-state index in [9.17, 15) is 8.78 Å². The largest absolute Gasteiger partial charge is 0.207 e. The summed E-state index contributed by atoms with van der Waals surface area (Å²) in [6, 6.07) is 9.20. The van der Waals surface area contributed by atoms with Gasteiger partial charge in [0.05, 0.1) is 4.83 Å². The molecule has 0 saturated carbocycles. The van der Waals surface area contributed by atoms with Crippen molar-refractivity contribution in [3.8, 4) is 0 Å². The zero-order valence-electron chi connectivity index (χ0n) is 8.93. The van der Waals surface area contributed by atoms with Crippen molar-refractivity contribution in [3.63, 3.8) is 0 Å². The topological polar surface area (TPSA) is 0 Å². The highest BCUT2D eigenvalue weighted by Gasteiger charge is 2.18. The van der Waals surface area contributed by atoms with Crippen molar-refractivity contribution in [1.29, 1.82) is 0 Å². The number of rotatable bonds is 2. The van der Waals surface area contributed by atoms with Crippen LogP contribution >= 0.6 is 54.5 Å². The lowest BCUT2D eigenvalue weighted by Crippen LogP contribution is -2.00. The minimum atomic E-state index is -0.444. The third-order valence-electron chi connectivity index (χ3n) is 2.46. The van der Waals surface area contributed by atoms with Crippen molar-refractivity contribution in [2.24, 2.45) is 0 Å². The zero-order chi connectivity index (χ0) is 13.3. The van der Waals surface area contributed by atoms with Crippen LogP contribution in [0.25, 0.3) is 0 Å². The SMILES string of the molecule is Fc1ccc(F)c(C(Br)c2cc(Br)ccc2I)c1. The van der Waals surface area contributed by atoms with Crippen LogP contribution in [0.3, 0.4) is 0 Å². The summed E-state index contributed by atoms with van der Waals surface area (Å²) in [6.45, 7) is 0. The predicted molar refractivity (Wildman–Crippen MR) is 84.0 cm³/mol. The highest BCUT2D eigenvalue weighted by Crippen LogP contribution is 2.36. The molecule has 94 valence electrons. The van der Waals surface area contributed by atoms with Crippen LogP contribution < -0.4 is 0 Å². The lowest BCUT2D eigenvalue weighted by Gasteiger charge is -2.14. The highest BCUT2D eigenvalue weighted by molar-refractivity contribution is 14.1. The normalized spacial score (nSPS) is 12.5. The van der Waals surface area contributed by atoms with E-state index in [1.807, 2.05) is 18.2 Å². The highest BCUT2D eigenvalue weighted by atomic mass is 127. The van der Waals surface area contributed by atoms with Crippen molar-refractivity contribution in [2.45, 2.75) is 4.83 Å². The van der Waals surface area contributed by atoms with Crippen LogP contribution in [-0.4, -0.2) is 0 Å². The molecule has 2 aromatic rings. The van der Waals surface area contributed by atoms with Crippen LogP contribution in [0.2, 0.25) is 0 Å². The number of halogens is 5. The van der Waals surface area contributed by atoms with Gasteiger partial charge in [0.1, 0.15) is 11.6 Å². The molecule has 2 rings (SSSR count). The maximum Gasteiger partial charge on any atom is 0.128 e. The first-order valence-corrected chi connectivity index (χ1v) is 7.81. The Kier molecular flexibility index (Phi) is 4.77. The standard InChI is InChI=1S/C13H7Br2F2I/c14-7-1-4-12(18)10(5-7)13(15)9-6-8(16)2-3-11(9)17/h1-6,13H. The number of hydrogen-bond acceptors (Lipinski definition) is 0. The van der Waals surface area contributed by atoms with Gasteiger partial charge in [0, 0.05) is 13.6 Å². The second-order valence-electron chi connectivity index (χ2n) is 3.69. The number of alkyl halides is 1. The van der Waals surface area contributed by atoms with Crippen molar-refractivity contribution >= 4 is 54.5 Å². The van der Waals surface area contributed by atoms with Gasteiger partial charge in [-0.3, -0.25) is 0 Å². The summed E-state index contributed by atoms with van der Waals surface area (Å²) in [5, 5.41) is 0. The first kappa shape index (κ1) is 14.4. The molecule has 0 aliphatic rings. The minimum absolute atomic E-state index is 0.297. The van der Waals surface area contributed by atoms with Gasteiger partial charge in [-0.2, -0.15) is 0 Å². The first-order chi connectivity index (χ1) is 8.49. The molecule has 0 spiro atoms. The average Bonchev–Trinajstić information content (AvgIpc) is 2.34. The van der Waals surface area contributed by atoms with Gasteiger partial charge in [0.2, 0.25) is 0 Å².